The molecule has 0 fully saturated rings. The van der Waals surface area contributed by atoms with Crippen molar-refractivity contribution in [1.29, 1.82) is 0 Å². The third-order valence-corrected chi connectivity index (χ3v) is 1.91. The summed E-state index contributed by atoms with van der Waals surface area (Å²) in [6.45, 7) is 15.1. The number of ether oxygens (including phenoxy) is 1. The first-order chi connectivity index (χ1) is 6.07. The van der Waals surface area contributed by atoms with Gasteiger partial charge in [0.2, 0.25) is 0 Å². The van der Waals surface area contributed by atoms with Crippen molar-refractivity contribution in [2.75, 3.05) is 13.2 Å². The molecular formula is C12H20O. The fourth-order valence-corrected chi connectivity index (χ4v) is 0.889. The summed E-state index contributed by atoms with van der Waals surface area (Å²) in [5, 5.41) is 0. The van der Waals surface area contributed by atoms with Crippen LogP contribution in [0.4, 0.5) is 0 Å². The topological polar surface area (TPSA) is 9.23 Å². The van der Waals surface area contributed by atoms with Crippen LogP contribution in [0.5, 0.6) is 0 Å². The lowest BCUT2D eigenvalue weighted by Crippen LogP contribution is -1.98. The van der Waals surface area contributed by atoms with Crippen molar-refractivity contribution in [3.05, 3.63) is 36.0 Å². The van der Waals surface area contributed by atoms with Crippen LogP contribution in [0.3, 0.4) is 0 Å². The Morgan fingerprint density at radius 3 is 2.38 bits per heavy atom. The highest BCUT2D eigenvalue weighted by Crippen LogP contribution is 2.12. The van der Waals surface area contributed by atoms with Crippen molar-refractivity contribution in [2.24, 2.45) is 0 Å². The molecule has 0 rings (SSSR count). The maximum atomic E-state index is 5.29. The van der Waals surface area contributed by atoms with E-state index in [-0.39, 0.29) is 0 Å². The van der Waals surface area contributed by atoms with Crippen molar-refractivity contribution in [2.45, 2.75) is 27.2 Å². The second-order valence-electron chi connectivity index (χ2n) is 3.51. The van der Waals surface area contributed by atoms with Gasteiger partial charge in [-0.1, -0.05) is 23.8 Å². The van der Waals surface area contributed by atoms with Crippen LogP contribution >= 0.6 is 0 Å². The molecule has 1 nitrogen and oxygen atoms in total. The minimum Gasteiger partial charge on any atom is -0.373 e. The molecule has 74 valence electrons. The van der Waals surface area contributed by atoms with Gasteiger partial charge >= 0.3 is 0 Å². The third-order valence-electron chi connectivity index (χ3n) is 1.91. The Morgan fingerprint density at radius 1 is 1.31 bits per heavy atom. The van der Waals surface area contributed by atoms with Gasteiger partial charge in [0.15, 0.2) is 0 Å². The molecule has 0 unspecified atom stereocenters. The first-order valence-corrected chi connectivity index (χ1v) is 4.56. The second-order valence-corrected chi connectivity index (χ2v) is 3.51. The fourth-order valence-electron chi connectivity index (χ4n) is 0.889. The summed E-state index contributed by atoms with van der Waals surface area (Å²) in [6.07, 6.45) is 2.69. The Balaban J connectivity index is 3.75. The van der Waals surface area contributed by atoms with Crippen molar-refractivity contribution < 1.29 is 4.74 Å². The van der Waals surface area contributed by atoms with Gasteiger partial charge in [-0.3, -0.25) is 0 Å². The van der Waals surface area contributed by atoms with E-state index in [1.54, 1.807) is 6.08 Å². The van der Waals surface area contributed by atoms with Crippen LogP contribution in [0.1, 0.15) is 27.2 Å². The monoisotopic (exact) mass is 180 g/mol. The maximum Gasteiger partial charge on any atom is 0.0681 e. The molecule has 0 N–H and O–H groups in total. The number of hydrogen-bond acceptors (Lipinski definition) is 1. The highest BCUT2D eigenvalue weighted by atomic mass is 16.5. The van der Waals surface area contributed by atoms with Gasteiger partial charge < -0.3 is 4.74 Å². The average Bonchev–Trinajstić information content (AvgIpc) is 2.04. The van der Waals surface area contributed by atoms with Gasteiger partial charge in [-0.05, 0) is 32.8 Å². The lowest BCUT2D eigenvalue weighted by molar-refractivity contribution is 0.186. The van der Waals surface area contributed by atoms with Crippen molar-refractivity contribution >= 4 is 0 Å². The van der Waals surface area contributed by atoms with Crippen LogP contribution < -0.4 is 0 Å². The molecule has 0 aromatic rings. The molecule has 0 aliphatic heterocycles. The molecule has 13 heavy (non-hydrogen) atoms. The van der Waals surface area contributed by atoms with Gasteiger partial charge in [-0.15, -0.1) is 6.58 Å². The zero-order valence-corrected chi connectivity index (χ0v) is 9.02. The molecule has 0 aromatic carbocycles. The standard InChI is InChI=1S/C12H20O/c1-6-7-13-9-11(4)8-12(5)10(2)3/h6H,1,4,7-9H2,2-3,5H3. The SMILES string of the molecule is C=CCOCC(=C)CC(C)=C(C)C. The van der Waals surface area contributed by atoms with Crippen LogP contribution in [-0.4, -0.2) is 13.2 Å². The Morgan fingerprint density at radius 2 is 1.92 bits per heavy atom. The first-order valence-electron chi connectivity index (χ1n) is 4.56. The van der Waals surface area contributed by atoms with E-state index in [0.717, 1.165) is 12.0 Å². The Kier molecular flexibility index (Phi) is 6.25. The minimum absolute atomic E-state index is 0.604. The maximum absolute atomic E-state index is 5.29. The van der Waals surface area contributed by atoms with Crippen LogP contribution in [0.25, 0.3) is 0 Å². The summed E-state index contributed by atoms with van der Waals surface area (Å²) in [4.78, 5) is 0. The summed E-state index contributed by atoms with van der Waals surface area (Å²) >= 11 is 0. The van der Waals surface area contributed by atoms with Gasteiger partial charge in [-0.2, -0.15) is 0 Å². The Bertz CT molecular complexity index is 207. The van der Waals surface area contributed by atoms with E-state index in [9.17, 15) is 0 Å². The highest BCUT2D eigenvalue weighted by molar-refractivity contribution is 5.15. The molecule has 0 amide bonds. The summed E-state index contributed by atoms with van der Waals surface area (Å²) in [7, 11) is 0. The van der Waals surface area contributed by atoms with Gasteiger partial charge in [0.1, 0.15) is 0 Å². The molecule has 0 radical (unpaired) electrons. The first kappa shape index (κ1) is 12.2. The predicted octanol–water partition coefficient (Wildman–Crippen LogP) is 3.49. The van der Waals surface area contributed by atoms with E-state index >= 15 is 0 Å². The molecule has 0 atom stereocenters. The number of allylic oxidation sites excluding steroid dienone is 2. The highest BCUT2D eigenvalue weighted by Gasteiger charge is 1.97. The van der Waals surface area contributed by atoms with E-state index in [2.05, 4.69) is 33.9 Å². The van der Waals surface area contributed by atoms with Gasteiger partial charge in [0.25, 0.3) is 0 Å². The summed E-state index contributed by atoms with van der Waals surface area (Å²) < 4.78 is 5.29. The Hall–Kier alpha value is -0.820. The molecule has 0 heterocycles. The molecule has 0 aliphatic rings. The lowest BCUT2D eigenvalue weighted by Gasteiger charge is -2.07. The molecule has 0 aliphatic carbocycles. The van der Waals surface area contributed by atoms with Crippen molar-refractivity contribution in [3.8, 4) is 0 Å². The summed E-state index contributed by atoms with van der Waals surface area (Å²) in [5.74, 6) is 0. The second kappa shape index (κ2) is 6.67. The summed E-state index contributed by atoms with van der Waals surface area (Å²) in [5.41, 5.74) is 3.87. The van der Waals surface area contributed by atoms with E-state index in [1.807, 2.05) is 0 Å². The molecule has 0 bridgehead atoms. The average molecular weight is 180 g/mol. The van der Waals surface area contributed by atoms with Crippen LogP contribution in [0, 0.1) is 0 Å². The van der Waals surface area contributed by atoms with E-state index in [4.69, 9.17) is 4.74 Å². The van der Waals surface area contributed by atoms with Gasteiger partial charge in [0.05, 0.1) is 13.2 Å². The number of rotatable bonds is 6. The molecule has 1 heteroatoms. The van der Waals surface area contributed by atoms with Gasteiger partial charge in [-0.25, -0.2) is 0 Å². The van der Waals surface area contributed by atoms with Crippen LogP contribution in [0.2, 0.25) is 0 Å². The third kappa shape index (κ3) is 6.35. The predicted molar refractivity (Wildman–Crippen MR) is 58.8 cm³/mol. The zero-order valence-electron chi connectivity index (χ0n) is 9.02. The van der Waals surface area contributed by atoms with Crippen molar-refractivity contribution in [1.82, 2.24) is 0 Å². The normalized spacial score (nSPS) is 9.46. The smallest absolute Gasteiger partial charge is 0.0681 e. The zero-order chi connectivity index (χ0) is 10.3. The lowest BCUT2D eigenvalue weighted by atomic mass is 10.1. The molecule has 0 saturated carbocycles. The van der Waals surface area contributed by atoms with E-state index in [0.29, 0.717) is 13.2 Å². The van der Waals surface area contributed by atoms with Crippen LogP contribution in [0.15, 0.2) is 36.0 Å². The van der Waals surface area contributed by atoms with Gasteiger partial charge in [0, 0.05) is 0 Å². The Labute approximate surface area is 81.8 Å². The molecule has 0 saturated heterocycles. The number of hydrogen-bond donors (Lipinski definition) is 0. The van der Waals surface area contributed by atoms with Crippen molar-refractivity contribution in [3.63, 3.8) is 0 Å². The minimum atomic E-state index is 0.604. The van der Waals surface area contributed by atoms with Crippen LogP contribution in [-0.2, 0) is 4.74 Å². The quantitative estimate of drug-likeness (QED) is 0.449. The van der Waals surface area contributed by atoms with E-state index in [1.165, 1.54) is 11.1 Å². The fraction of sp³-hybridized carbons (Fsp3) is 0.500. The largest absolute Gasteiger partial charge is 0.373 e. The van der Waals surface area contributed by atoms with E-state index < -0.39 is 0 Å². The molecular weight excluding hydrogens is 160 g/mol. The molecule has 0 aromatic heterocycles. The summed E-state index contributed by atoms with van der Waals surface area (Å²) in [6, 6.07) is 0. The molecule has 0 spiro atoms.